The number of methoxy groups -OCH3 is 2. The van der Waals surface area contributed by atoms with Crippen molar-refractivity contribution >= 4 is 45.2 Å². The van der Waals surface area contributed by atoms with Crippen LogP contribution in [0.4, 0.5) is 0 Å². The number of hydrogen-bond acceptors (Lipinski definition) is 4. The second-order valence-corrected chi connectivity index (χ2v) is 5.91. The molecule has 0 radical (unpaired) electrons. The molecule has 1 aromatic carbocycles. The number of carbonyl (C=O) groups excluding carboxylic acids is 1. The summed E-state index contributed by atoms with van der Waals surface area (Å²) >= 11 is 8.63. The zero-order valence-electron chi connectivity index (χ0n) is 12.6. The first-order valence-electron chi connectivity index (χ1n) is 6.77. The van der Waals surface area contributed by atoms with Crippen LogP contribution in [0.5, 0.6) is 11.5 Å². The van der Waals surface area contributed by atoms with Crippen LogP contribution in [0.15, 0.2) is 22.3 Å². The average molecular weight is 385 g/mol. The van der Waals surface area contributed by atoms with E-state index in [4.69, 9.17) is 21.7 Å². The van der Waals surface area contributed by atoms with E-state index in [0.717, 1.165) is 16.5 Å². The van der Waals surface area contributed by atoms with Crippen molar-refractivity contribution in [1.29, 1.82) is 0 Å². The van der Waals surface area contributed by atoms with Crippen LogP contribution in [-0.2, 0) is 4.79 Å². The van der Waals surface area contributed by atoms with Crippen molar-refractivity contribution in [3.63, 3.8) is 0 Å². The summed E-state index contributed by atoms with van der Waals surface area (Å²) in [6.45, 7) is 2.60. The fourth-order valence-electron chi connectivity index (χ4n) is 2.15. The third-order valence-electron chi connectivity index (χ3n) is 3.21. The molecule has 0 unspecified atom stereocenters. The van der Waals surface area contributed by atoms with Crippen molar-refractivity contribution < 1.29 is 14.3 Å². The third-order valence-corrected chi connectivity index (χ3v) is 4.16. The minimum atomic E-state index is -0.124. The summed E-state index contributed by atoms with van der Waals surface area (Å²) in [7, 11) is 3.16. The number of nitrogens with one attached hydrogen (secondary N) is 1. The van der Waals surface area contributed by atoms with Gasteiger partial charge in [-0.1, -0.05) is 6.92 Å². The number of ether oxygens (including phenoxy) is 2. The molecule has 5 nitrogen and oxygen atoms in total. The predicted molar refractivity (Wildman–Crippen MR) is 93.0 cm³/mol. The summed E-state index contributed by atoms with van der Waals surface area (Å²) in [4.78, 5) is 13.9. The summed E-state index contributed by atoms with van der Waals surface area (Å²) in [6.07, 6.45) is 2.57. The quantitative estimate of drug-likeness (QED) is 0.624. The maximum Gasteiger partial charge on any atom is 0.276 e. The Morgan fingerprint density at radius 3 is 2.59 bits per heavy atom. The molecule has 0 atom stereocenters. The van der Waals surface area contributed by atoms with Crippen LogP contribution in [-0.4, -0.2) is 36.7 Å². The molecule has 1 aromatic rings. The van der Waals surface area contributed by atoms with Gasteiger partial charge in [-0.05, 0) is 46.7 Å². The van der Waals surface area contributed by atoms with Crippen molar-refractivity contribution in [2.75, 3.05) is 20.8 Å². The molecule has 0 aromatic heterocycles. The summed E-state index contributed by atoms with van der Waals surface area (Å²) in [5.74, 6) is 1.15. The van der Waals surface area contributed by atoms with Gasteiger partial charge in [-0.25, -0.2) is 0 Å². The van der Waals surface area contributed by atoms with Crippen molar-refractivity contribution in [1.82, 2.24) is 10.2 Å². The van der Waals surface area contributed by atoms with Gasteiger partial charge in [0.05, 0.1) is 18.7 Å². The summed E-state index contributed by atoms with van der Waals surface area (Å²) < 4.78 is 11.4. The molecule has 1 heterocycles. The molecular weight excluding hydrogens is 368 g/mol. The second kappa shape index (κ2) is 7.11. The Balaban J connectivity index is 2.39. The van der Waals surface area contributed by atoms with Gasteiger partial charge in [0.15, 0.2) is 5.11 Å². The van der Waals surface area contributed by atoms with E-state index in [-0.39, 0.29) is 5.91 Å². The highest BCUT2D eigenvalue weighted by Crippen LogP contribution is 2.34. The van der Waals surface area contributed by atoms with Crippen molar-refractivity contribution in [3.05, 3.63) is 27.9 Å². The number of thiocarbonyl (C=S) groups is 1. The maximum atomic E-state index is 12.3. The molecule has 22 heavy (non-hydrogen) atoms. The molecule has 2 rings (SSSR count). The molecule has 0 saturated carbocycles. The van der Waals surface area contributed by atoms with Gasteiger partial charge in [0.2, 0.25) is 0 Å². The zero-order valence-corrected chi connectivity index (χ0v) is 15.0. The molecule has 0 aliphatic carbocycles. The summed E-state index contributed by atoms with van der Waals surface area (Å²) in [6, 6.07) is 3.60. The van der Waals surface area contributed by atoms with E-state index in [2.05, 4.69) is 21.2 Å². The molecular formula is C15H17BrN2O3S. The molecule has 0 bridgehead atoms. The largest absolute Gasteiger partial charge is 0.496 e. The van der Waals surface area contributed by atoms with E-state index in [1.165, 1.54) is 0 Å². The van der Waals surface area contributed by atoms with Crippen LogP contribution in [0.2, 0.25) is 0 Å². The molecule has 1 fully saturated rings. The molecule has 1 aliphatic heterocycles. The van der Waals surface area contributed by atoms with Gasteiger partial charge in [0.1, 0.15) is 17.2 Å². The summed E-state index contributed by atoms with van der Waals surface area (Å²) in [5, 5.41) is 3.39. The van der Waals surface area contributed by atoms with Gasteiger partial charge in [-0.15, -0.1) is 0 Å². The number of halogens is 1. The standard InChI is InChI=1S/C15H17BrN2O3S/c1-4-5-18-14(19)11(17-15(18)22)7-9-6-10(16)13(21-3)8-12(9)20-2/h6-8H,4-5H2,1-3H3,(H,17,22)/b11-7-. The topological polar surface area (TPSA) is 50.8 Å². The van der Waals surface area contributed by atoms with Gasteiger partial charge in [-0.3, -0.25) is 9.69 Å². The Bertz CT molecular complexity index is 646. The highest BCUT2D eigenvalue weighted by molar-refractivity contribution is 9.10. The zero-order chi connectivity index (χ0) is 16.3. The highest BCUT2D eigenvalue weighted by atomic mass is 79.9. The van der Waals surface area contributed by atoms with Crippen LogP contribution in [0, 0.1) is 0 Å². The first-order valence-corrected chi connectivity index (χ1v) is 7.98. The minimum Gasteiger partial charge on any atom is -0.496 e. The Morgan fingerprint density at radius 1 is 1.32 bits per heavy atom. The first-order chi connectivity index (χ1) is 10.5. The van der Waals surface area contributed by atoms with E-state index < -0.39 is 0 Å². The molecule has 0 spiro atoms. The minimum absolute atomic E-state index is 0.124. The highest BCUT2D eigenvalue weighted by Gasteiger charge is 2.30. The lowest BCUT2D eigenvalue weighted by molar-refractivity contribution is -0.122. The van der Waals surface area contributed by atoms with Gasteiger partial charge >= 0.3 is 0 Å². The van der Waals surface area contributed by atoms with Crippen LogP contribution < -0.4 is 14.8 Å². The van der Waals surface area contributed by atoms with Crippen molar-refractivity contribution in [2.24, 2.45) is 0 Å². The van der Waals surface area contributed by atoms with E-state index in [1.54, 1.807) is 31.3 Å². The Kier molecular flexibility index (Phi) is 5.42. The Hall–Kier alpha value is -1.60. The molecule has 7 heteroatoms. The molecule has 118 valence electrons. The molecule has 1 amide bonds. The fraction of sp³-hybridized carbons (Fsp3) is 0.333. The van der Waals surface area contributed by atoms with Gasteiger partial charge in [-0.2, -0.15) is 0 Å². The third kappa shape index (κ3) is 3.25. The number of benzene rings is 1. The van der Waals surface area contributed by atoms with Crippen LogP contribution in [0.3, 0.4) is 0 Å². The number of amides is 1. The normalized spacial score (nSPS) is 16.2. The number of rotatable bonds is 5. The molecule has 1 saturated heterocycles. The first kappa shape index (κ1) is 16.8. The van der Waals surface area contributed by atoms with E-state index in [0.29, 0.717) is 28.9 Å². The van der Waals surface area contributed by atoms with Crippen molar-refractivity contribution in [3.8, 4) is 11.5 Å². The van der Waals surface area contributed by atoms with E-state index in [9.17, 15) is 4.79 Å². The van der Waals surface area contributed by atoms with Crippen molar-refractivity contribution in [2.45, 2.75) is 13.3 Å². The van der Waals surface area contributed by atoms with Gasteiger partial charge in [0.25, 0.3) is 5.91 Å². The van der Waals surface area contributed by atoms with E-state index >= 15 is 0 Å². The SMILES string of the molecule is CCCN1C(=O)/C(=C/c2cc(Br)c(OC)cc2OC)NC1=S. The molecule has 1 N–H and O–H groups in total. The van der Waals surface area contributed by atoms with Crippen LogP contribution in [0.25, 0.3) is 6.08 Å². The van der Waals surface area contributed by atoms with Gasteiger partial charge in [0, 0.05) is 18.2 Å². The predicted octanol–water partition coefficient (Wildman–Crippen LogP) is 2.93. The van der Waals surface area contributed by atoms with Gasteiger partial charge < -0.3 is 14.8 Å². The number of nitrogens with zero attached hydrogens (tertiary/aromatic N) is 1. The van der Waals surface area contributed by atoms with Crippen LogP contribution >= 0.6 is 28.1 Å². The Morgan fingerprint density at radius 2 is 2.00 bits per heavy atom. The monoisotopic (exact) mass is 384 g/mol. The molecule has 1 aliphatic rings. The average Bonchev–Trinajstić information content (AvgIpc) is 2.75. The smallest absolute Gasteiger partial charge is 0.276 e. The lowest BCUT2D eigenvalue weighted by Crippen LogP contribution is -2.31. The summed E-state index contributed by atoms with van der Waals surface area (Å²) in [5.41, 5.74) is 1.20. The maximum absolute atomic E-state index is 12.3. The van der Waals surface area contributed by atoms with Crippen LogP contribution in [0.1, 0.15) is 18.9 Å². The number of carbonyl (C=O) groups is 1. The lowest BCUT2D eigenvalue weighted by atomic mass is 10.1. The number of hydrogen-bond donors (Lipinski definition) is 1. The lowest BCUT2D eigenvalue weighted by Gasteiger charge is -2.11. The second-order valence-electron chi connectivity index (χ2n) is 4.67. The Labute approximate surface area is 143 Å². The fourth-order valence-corrected chi connectivity index (χ4v) is 2.96. The van der Waals surface area contributed by atoms with E-state index in [1.807, 2.05) is 13.0 Å².